The molecule has 2 N–H and O–H groups in total. The Morgan fingerprint density at radius 2 is 1.85 bits per heavy atom. The van der Waals surface area contributed by atoms with E-state index in [-0.39, 0.29) is 11.9 Å². The molecular formula is C31H35N7O2. The topological polar surface area (TPSA) is 102 Å². The molecule has 0 radical (unpaired) electrons. The molecule has 9 nitrogen and oxygen atoms in total. The first kappa shape index (κ1) is 26.0. The molecule has 2 aliphatic rings. The number of fused-ring (bicyclic) bond motifs is 1. The number of rotatable bonds is 9. The third-order valence-corrected chi connectivity index (χ3v) is 8.04. The molecule has 40 heavy (non-hydrogen) atoms. The standard InChI is InChI=1S/C31H35N7O2/c1-2-36(23-8-6-9-23)18-7-12-27(39)37-19-17-24(20-37)38-31-28(30(32)33-21-34-31)29(35-38)22-13-15-26(16-14-22)40-25-10-4-3-5-11-25/h3-5,7,10-16,21,23-24H,2,6,8-9,17-20H2,1H3,(H2,32,33,34)/t24-/m1/s1. The maximum absolute atomic E-state index is 13.0. The van der Waals surface area contributed by atoms with Crippen molar-refractivity contribution in [3.8, 4) is 22.8 Å². The van der Waals surface area contributed by atoms with Crippen molar-refractivity contribution >= 4 is 22.8 Å². The van der Waals surface area contributed by atoms with Gasteiger partial charge in [0, 0.05) is 37.3 Å². The third-order valence-electron chi connectivity index (χ3n) is 8.04. The number of nitrogens with zero attached hydrogens (tertiary/aromatic N) is 6. The molecule has 1 aliphatic carbocycles. The Morgan fingerprint density at radius 3 is 2.58 bits per heavy atom. The number of benzene rings is 2. The van der Waals surface area contributed by atoms with E-state index >= 15 is 0 Å². The number of hydrogen-bond acceptors (Lipinski definition) is 7. The minimum Gasteiger partial charge on any atom is -0.457 e. The molecule has 9 heteroatoms. The van der Waals surface area contributed by atoms with Crippen molar-refractivity contribution in [3.63, 3.8) is 0 Å². The van der Waals surface area contributed by atoms with Gasteiger partial charge in [-0.05, 0) is 62.2 Å². The van der Waals surface area contributed by atoms with Gasteiger partial charge in [0.05, 0.1) is 11.4 Å². The van der Waals surface area contributed by atoms with E-state index in [4.69, 9.17) is 15.6 Å². The zero-order valence-corrected chi connectivity index (χ0v) is 22.8. The highest BCUT2D eigenvalue weighted by Crippen LogP contribution is 2.35. The van der Waals surface area contributed by atoms with Gasteiger partial charge in [-0.3, -0.25) is 9.69 Å². The Kier molecular flexibility index (Phi) is 7.46. The lowest BCUT2D eigenvalue weighted by Crippen LogP contribution is -2.40. The molecule has 1 saturated heterocycles. The van der Waals surface area contributed by atoms with Gasteiger partial charge >= 0.3 is 0 Å². The Balaban J connectivity index is 1.18. The van der Waals surface area contributed by atoms with Crippen LogP contribution >= 0.6 is 0 Å². The van der Waals surface area contributed by atoms with Crippen LogP contribution in [0, 0.1) is 0 Å². The number of aromatic nitrogens is 4. The van der Waals surface area contributed by atoms with Crippen LogP contribution in [0.1, 0.15) is 38.6 Å². The van der Waals surface area contributed by atoms with Gasteiger partial charge in [0.15, 0.2) is 5.65 Å². The van der Waals surface area contributed by atoms with Gasteiger partial charge in [-0.1, -0.05) is 37.6 Å². The molecule has 0 spiro atoms. The molecule has 0 bridgehead atoms. The van der Waals surface area contributed by atoms with E-state index in [2.05, 4.69) is 21.8 Å². The summed E-state index contributed by atoms with van der Waals surface area (Å²) in [4.78, 5) is 26.1. The molecule has 3 heterocycles. The molecule has 2 aromatic carbocycles. The largest absolute Gasteiger partial charge is 0.457 e. The zero-order chi connectivity index (χ0) is 27.5. The first-order valence-corrected chi connectivity index (χ1v) is 14.1. The predicted octanol–water partition coefficient (Wildman–Crippen LogP) is 5.07. The fraction of sp³-hybridized carbons (Fsp3) is 0.355. The lowest BCUT2D eigenvalue weighted by atomic mass is 9.91. The molecule has 1 atom stereocenters. The highest BCUT2D eigenvalue weighted by atomic mass is 16.5. The lowest BCUT2D eigenvalue weighted by Gasteiger charge is -2.36. The maximum Gasteiger partial charge on any atom is 0.246 e. The first-order valence-electron chi connectivity index (χ1n) is 14.1. The predicted molar refractivity (Wildman–Crippen MR) is 156 cm³/mol. The molecule has 1 amide bonds. The average Bonchev–Trinajstić information content (AvgIpc) is 3.59. The van der Waals surface area contributed by atoms with Gasteiger partial charge in [-0.15, -0.1) is 0 Å². The Bertz CT molecular complexity index is 1500. The quantitative estimate of drug-likeness (QED) is 0.297. The summed E-state index contributed by atoms with van der Waals surface area (Å²) in [5.74, 6) is 1.94. The second-order valence-corrected chi connectivity index (χ2v) is 10.5. The molecule has 1 saturated carbocycles. The molecule has 2 fully saturated rings. The van der Waals surface area contributed by atoms with Gasteiger partial charge < -0.3 is 15.4 Å². The van der Waals surface area contributed by atoms with Gasteiger partial charge in [-0.25, -0.2) is 14.6 Å². The Hall–Kier alpha value is -4.24. The van der Waals surface area contributed by atoms with Crippen molar-refractivity contribution in [1.82, 2.24) is 29.5 Å². The first-order chi connectivity index (χ1) is 19.6. The maximum atomic E-state index is 13.0. The fourth-order valence-electron chi connectivity index (χ4n) is 5.58. The van der Waals surface area contributed by atoms with Crippen molar-refractivity contribution in [2.45, 2.75) is 44.7 Å². The van der Waals surface area contributed by atoms with E-state index in [0.29, 0.717) is 30.6 Å². The second kappa shape index (κ2) is 11.5. The number of anilines is 1. The minimum absolute atomic E-state index is 0.00528. The molecule has 4 aromatic rings. The third kappa shape index (κ3) is 5.29. The Morgan fingerprint density at radius 1 is 1.07 bits per heavy atom. The summed E-state index contributed by atoms with van der Waals surface area (Å²) in [6.07, 6.45) is 9.86. The van der Waals surface area contributed by atoms with E-state index in [9.17, 15) is 4.79 Å². The van der Waals surface area contributed by atoms with E-state index in [0.717, 1.165) is 47.7 Å². The van der Waals surface area contributed by atoms with Crippen LogP contribution < -0.4 is 10.5 Å². The van der Waals surface area contributed by atoms with Crippen LogP contribution in [0.3, 0.4) is 0 Å². The smallest absolute Gasteiger partial charge is 0.246 e. The summed E-state index contributed by atoms with van der Waals surface area (Å²) in [7, 11) is 0. The Labute approximate surface area is 234 Å². The average molecular weight is 538 g/mol. The number of likely N-dealkylation sites (tertiary alicyclic amines) is 1. The van der Waals surface area contributed by atoms with Crippen molar-refractivity contribution < 1.29 is 9.53 Å². The molecule has 2 aromatic heterocycles. The van der Waals surface area contributed by atoms with Crippen LogP contribution in [0.25, 0.3) is 22.3 Å². The molecule has 206 valence electrons. The van der Waals surface area contributed by atoms with E-state index in [1.807, 2.05) is 70.3 Å². The zero-order valence-electron chi connectivity index (χ0n) is 22.8. The number of likely N-dealkylation sites (N-methyl/N-ethyl adjacent to an activating group) is 1. The van der Waals surface area contributed by atoms with Crippen molar-refractivity contribution in [3.05, 3.63) is 73.1 Å². The number of hydrogen-bond donors (Lipinski definition) is 1. The van der Waals surface area contributed by atoms with Gasteiger partial charge in [-0.2, -0.15) is 5.10 Å². The number of ether oxygens (including phenoxy) is 1. The monoisotopic (exact) mass is 537 g/mol. The van der Waals surface area contributed by atoms with Crippen molar-refractivity contribution in [1.29, 1.82) is 0 Å². The fourth-order valence-corrected chi connectivity index (χ4v) is 5.58. The summed E-state index contributed by atoms with van der Waals surface area (Å²) in [6, 6.07) is 18.1. The molecule has 0 unspecified atom stereocenters. The number of carbonyl (C=O) groups is 1. The summed E-state index contributed by atoms with van der Waals surface area (Å²) in [6.45, 7) is 5.27. The molecular weight excluding hydrogens is 502 g/mol. The van der Waals surface area contributed by atoms with Crippen molar-refractivity contribution in [2.24, 2.45) is 0 Å². The number of amides is 1. The number of para-hydroxylation sites is 1. The highest BCUT2D eigenvalue weighted by Gasteiger charge is 2.30. The molecule has 1 aliphatic heterocycles. The summed E-state index contributed by atoms with van der Waals surface area (Å²) < 4.78 is 7.87. The summed E-state index contributed by atoms with van der Waals surface area (Å²) >= 11 is 0. The van der Waals surface area contributed by atoms with Crippen LogP contribution in [-0.4, -0.2) is 67.7 Å². The van der Waals surface area contributed by atoms with Crippen molar-refractivity contribution in [2.75, 3.05) is 31.9 Å². The normalized spacial score (nSPS) is 17.6. The van der Waals surface area contributed by atoms with E-state index in [1.165, 1.54) is 25.6 Å². The number of nitrogens with two attached hydrogens (primary N) is 1. The number of carbonyl (C=O) groups excluding carboxylic acids is 1. The number of nitrogen functional groups attached to an aromatic ring is 1. The van der Waals surface area contributed by atoms with Gasteiger partial charge in [0.25, 0.3) is 0 Å². The SMILES string of the molecule is CCN(CC=CC(=O)N1CC[C@@H](n2nc(-c3ccc(Oc4ccccc4)cc3)c3c(N)ncnc32)C1)C1CCC1. The summed E-state index contributed by atoms with van der Waals surface area (Å²) in [5.41, 5.74) is 8.63. The second-order valence-electron chi connectivity index (χ2n) is 10.5. The van der Waals surface area contributed by atoms with Gasteiger partial charge in [0.2, 0.25) is 5.91 Å². The van der Waals surface area contributed by atoms with Crippen LogP contribution in [0.15, 0.2) is 73.1 Å². The van der Waals surface area contributed by atoms with Crippen LogP contribution in [0.4, 0.5) is 5.82 Å². The summed E-state index contributed by atoms with van der Waals surface area (Å²) in [5, 5.41) is 5.69. The van der Waals surface area contributed by atoms with Crippen LogP contribution in [-0.2, 0) is 4.79 Å². The van der Waals surface area contributed by atoms with E-state index in [1.54, 1.807) is 6.08 Å². The van der Waals surface area contributed by atoms with E-state index < -0.39 is 0 Å². The minimum atomic E-state index is 0.00528. The highest BCUT2D eigenvalue weighted by molar-refractivity contribution is 5.98. The van der Waals surface area contributed by atoms with Gasteiger partial charge in [0.1, 0.15) is 29.3 Å². The van der Waals surface area contributed by atoms with Crippen LogP contribution in [0.2, 0.25) is 0 Å². The molecule has 6 rings (SSSR count). The van der Waals surface area contributed by atoms with Crippen LogP contribution in [0.5, 0.6) is 11.5 Å². The lowest BCUT2D eigenvalue weighted by molar-refractivity contribution is -0.125.